The fraction of sp³-hybridized carbons (Fsp3) is 0.576. The summed E-state index contributed by atoms with van der Waals surface area (Å²) in [7, 11) is 0. The van der Waals surface area contributed by atoms with Gasteiger partial charge < -0.3 is 0 Å². The Kier molecular flexibility index (Phi) is 9.84. The van der Waals surface area contributed by atoms with Crippen LogP contribution >= 0.6 is 0 Å². The van der Waals surface area contributed by atoms with E-state index in [1.807, 2.05) is 0 Å². The van der Waals surface area contributed by atoms with Crippen LogP contribution in [0.4, 0.5) is 4.39 Å². The maximum absolute atomic E-state index is 12.4. The Morgan fingerprint density at radius 3 is 1.91 bits per heavy atom. The molecule has 0 aromatic heterocycles. The second kappa shape index (κ2) is 13.3. The van der Waals surface area contributed by atoms with Crippen molar-refractivity contribution in [2.45, 2.75) is 96.3 Å². The third-order valence-corrected chi connectivity index (χ3v) is 8.64. The van der Waals surface area contributed by atoms with Gasteiger partial charge >= 0.3 is 0 Å². The molecule has 2 aromatic carbocycles. The van der Waals surface area contributed by atoms with E-state index in [0.717, 1.165) is 42.9 Å². The van der Waals surface area contributed by atoms with Crippen LogP contribution in [0.15, 0.2) is 60.7 Å². The lowest BCUT2D eigenvalue weighted by molar-refractivity contribution is 0.245. The van der Waals surface area contributed by atoms with Crippen LogP contribution in [0.3, 0.4) is 0 Å². The predicted molar refractivity (Wildman–Crippen MR) is 145 cm³/mol. The quantitative estimate of drug-likeness (QED) is 0.309. The zero-order valence-corrected chi connectivity index (χ0v) is 21.4. The highest BCUT2D eigenvalue weighted by Crippen LogP contribution is 2.37. The SMILES string of the molecule is CC/C=C/C1CCC(c2ccc(-c3ccc(CCC4CCC(CCCF)CC4)cc3)cc2)CC1. The van der Waals surface area contributed by atoms with E-state index in [9.17, 15) is 4.39 Å². The Labute approximate surface area is 208 Å². The number of hydrogen-bond donors (Lipinski definition) is 0. The van der Waals surface area contributed by atoms with E-state index in [4.69, 9.17) is 0 Å². The van der Waals surface area contributed by atoms with Gasteiger partial charge in [0.05, 0.1) is 6.67 Å². The third-order valence-electron chi connectivity index (χ3n) is 8.64. The van der Waals surface area contributed by atoms with Crippen molar-refractivity contribution in [3.63, 3.8) is 0 Å². The van der Waals surface area contributed by atoms with E-state index in [1.54, 1.807) is 0 Å². The second-order valence-corrected chi connectivity index (χ2v) is 11.0. The number of rotatable bonds is 10. The topological polar surface area (TPSA) is 0 Å². The lowest BCUT2D eigenvalue weighted by Crippen LogP contribution is -2.15. The summed E-state index contributed by atoms with van der Waals surface area (Å²) >= 11 is 0. The Bertz CT molecular complexity index is 846. The molecule has 0 unspecified atom stereocenters. The van der Waals surface area contributed by atoms with E-state index < -0.39 is 0 Å². The van der Waals surface area contributed by atoms with Gasteiger partial charge in [0.25, 0.3) is 0 Å². The highest BCUT2D eigenvalue weighted by Gasteiger charge is 2.21. The standard InChI is InChI=1S/C33H45F/c1-2-3-5-26-13-17-30(18-14-26)32-21-23-33(24-22-32)31-19-15-29(16-20-31)12-11-28-9-7-27(8-10-28)6-4-25-34/h3,5,15-16,19-24,26-28,30H,2,4,6-14,17-18,25H2,1H3/b5-3+. The fourth-order valence-electron chi connectivity index (χ4n) is 6.33. The second-order valence-electron chi connectivity index (χ2n) is 11.0. The summed E-state index contributed by atoms with van der Waals surface area (Å²) < 4.78 is 12.4. The summed E-state index contributed by atoms with van der Waals surface area (Å²) in [6.07, 6.45) is 21.0. The van der Waals surface area contributed by atoms with Gasteiger partial charge in [-0.3, -0.25) is 4.39 Å². The molecule has 34 heavy (non-hydrogen) atoms. The van der Waals surface area contributed by atoms with E-state index in [0.29, 0.717) is 0 Å². The average molecular weight is 461 g/mol. The van der Waals surface area contributed by atoms with Crippen molar-refractivity contribution >= 4 is 0 Å². The molecule has 0 aliphatic heterocycles. The molecule has 2 aromatic rings. The van der Waals surface area contributed by atoms with Crippen LogP contribution in [0.25, 0.3) is 11.1 Å². The van der Waals surface area contributed by atoms with Gasteiger partial charge in [0.1, 0.15) is 0 Å². The van der Waals surface area contributed by atoms with E-state index in [2.05, 4.69) is 67.6 Å². The van der Waals surface area contributed by atoms with Crippen LogP contribution in [0.1, 0.15) is 101 Å². The minimum Gasteiger partial charge on any atom is -0.251 e. The first-order valence-corrected chi connectivity index (χ1v) is 14.2. The summed E-state index contributed by atoms with van der Waals surface area (Å²) in [5, 5.41) is 0. The van der Waals surface area contributed by atoms with Crippen LogP contribution in [0, 0.1) is 17.8 Å². The molecule has 1 heteroatoms. The average Bonchev–Trinajstić information content (AvgIpc) is 2.91. The maximum atomic E-state index is 12.4. The normalized spacial score (nSPS) is 25.6. The van der Waals surface area contributed by atoms with Crippen LogP contribution in [0.5, 0.6) is 0 Å². The maximum Gasteiger partial charge on any atom is 0.0894 e. The van der Waals surface area contributed by atoms with Gasteiger partial charge in [0, 0.05) is 0 Å². The van der Waals surface area contributed by atoms with E-state index in [-0.39, 0.29) is 6.67 Å². The number of allylic oxidation sites excluding steroid dienone is 2. The Balaban J connectivity index is 1.23. The molecular weight excluding hydrogens is 415 g/mol. The molecule has 2 fully saturated rings. The summed E-state index contributed by atoms with van der Waals surface area (Å²) in [4.78, 5) is 0. The number of benzene rings is 2. The molecule has 0 saturated heterocycles. The van der Waals surface area contributed by atoms with Gasteiger partial charge in [-0.05, 0) is 104 Å². The molecule has 0 spiro atoms. The van der Waals surface area contributed by atoms with Crippen molar-refractivity contribution in [2.24, 2.45) is 17.8 Å². The first kappa shape index (κ1) is 25.2. The highest BCUT2D eigenvalue weighted by molar-refractivity contribution is 5.64. The first-order valence-electron chi connectivity index (χ1n) is 14.2. The molecule has 0 nitrogen and oxygen atoms in total. The molecule has 0 heterocycles. The molecule has 0 radical (unpaired) electrons. The van der Waals surface area contributed by atoms with Crippen molar-refractivity contribution in [2.75, 3.05) is 6.67 Å². The predicted octanol–water partition coefficient (Wildman–Crippen LogP) is 10.1. The molecule has 2 saturated carbocycles. The number of alkyl halides is 1. The van der Waals surface area contributed by atoms with Gasteiger partial charge in [0.2, 0.25) is 0 Å². The molecule has 0 bridgehead atoms. The van der Waals surface area contributed by atoms with Gasteiger partial charge in [-0.25, -0.2) is 0 Å². The van der Waals surface area contributed by atoms with Gasteiger partial charge in [0.15, 0.2) is 0 Å². The highest BCUT2D eigenvalue weighted by atomic mass is 19.1. The van der Waals surface area contributed by atoms with Crippen LogP contribution in [-0.4, -0.2) is 6.67 Å². The van der Waals surface area contributed by atoms with Gasteiger partial charge in [-0.1, -0.05) is 93.3 Å². The summed E-state index contributed by atoms with van der Waals surface area (Å²) in [5.41, 5.74) is 5.66. The summed E-state index contributed by atoms with van der Waals surface area (Å²) in [6, 6.07) is 18.7. The third kappa shape index (κ3) is 7.30. The number of halogens is 1. The number of aryl methyl sites for hydroxylation is 1. The lowest BCUT2D eigenvalue weighted by atomic mass is 9.78. The monoisotopic (exact) mass is 460 g/mol. The largest absolute Gasteiger partial charge is 0.251 e. The van der Waals surface area contributed by atoms with Crippen molar-refractivity contribution in [1.82, 2.24) is 0 Å². The Morgan fingerprint density at radius 1 is 0.735 bits per heavy atom. The van der Waals surface area contributed by atoms with Crippen molar-refractivity contribution in [3.05, 3.63) is 71.8 Å². The van der Waals surface area contributed by atoms with Crippen molar-refractivity contribution < 1.29 is 4.39 Å². The zero-order valence-electron chi connectivity index (χ0n) is 21.4. The van der Waals surface area contributed by atoms with Crippen LogP contribution in [0.2, 0.25) is 0 Å². The molecule has 0 N–H and O–H groups in total. The van der Waals surface area contributed by atoms with Crippen LogP contribution < -0.4 is 0 Å². The zero-order chi connectivity index (χ0) is 23.6. The molecule has 0 amide bonds. The Morgan fingerprint density at radius 2 is 1.32 bits per heavy atom. The Hall–Kier alpha value is -1.89. The van der Waals surface area contributed by atoms with Gasteiger partial charge in [-0.2, -0.15) is 0 Å². The minimum atomic E-state index is -0.141. The lowest BCUT2D eigenvalue weighted by Gasteiger charge is -2.28. The van der Waals surface area contributed by atoms with Crippen molar-refractivity contribution in [3.8, 4) is 11.1 Å². The van der Waals surface area contributed by atoms with Crippen molar-refractivity contribution in [1.29, 1.82) is 0 Å². The smallest absolute Gasteiger partial charge is 0.0894 e. The molecule has 184 valence electrons. The van der Waals surface area contributed by atoms with Crippen LogP contribution in [-0.2, 0) is 6.42 Å². The molecule has 2 aliphatic rings. The molecule has 4 rings (SSSR count). The fourth-order valence-corrected chi connectivity index (χ4v) is 6.33. The first-order chi connectivity index (χ1) is 16.7. The molecule has 2 aliphatic carbocycles. The van der Waals surface area contributed by atoms with E-state index >= 15 is 0 Å². The minimum absolute atomic E-state index is 0.141. The van der Waals surface area contributed by atoms with Gasteiger partial charge in [-0.15, -0.1) is 0 Å². The summed E-state index contributed by atoms with van der Waals surface area (Å²) in [5.74, 6) is 3.19. The molecule has 0 atom stereocenters. The summed E-state index contributed by atoms with van der Waals surface area (Å²) in [6.45, 7) is 2.08. The molecular formula is C33H45F. The van der Waals surface area contributed by atoms with E-state index in [1.165, 1.54) is 86.5 Å². The number of hydrogen-bond acceptors (Lipinski definition) is 0.